The third-order valence-corrected chi connectivity index (χ3v) is 2.25. The van der Waals surface area contributed by atoms with Crippen LogP contribution < -0.4 is 5.32 Å². The number of hydrogen-bond acceptors (Lipinski definition) is 2. The van der Waals surface area contributed by atoms with Crippen molar-refractivity contribution >= 4 is 0 Å². The number of hydrogen-bond donors (Lipinski definition) is 1. The summed E-state index contributed by atoms with van der Waals surface area (Å²) in [6.07, 6.45) is 3.67. The van der Waals surface area contributed by atoms with Crippen LogP contribution in [0.3, 0.4) is 0 Å². The first-order chi connectivity index (χ1) is 5.36. The summed E-state index contributed by atoms with van der Waals surface area (Å²) in [6, 6.07) is 0.482. The summed E-state index contributed by atoms with van der Waals surface area (Å²) >= 11 is 0. The Balaban J connectivity index is 2.09. The van der Waals surface area contributed by atoms with Gasteiger partial charge in [-0.3, -0.25) is 0 Å². The Morgan fingerprint density at radius 1 is 1.55 bits per heavy atom. The van der Waals surface area contributed by atoms with Crippen molar-refractivity contribution in [3.63, 3.8) is 0 Å². The summed E-state index contributed by atoms with van der Waals surface area (Å²) in [5.74, 6) is 0. The lowest BCUT2D eigenvalue weighted by Gasteiger charge is -2.10. The van der Waals surface area contributed by atoms with E-state index < -0.39 is 0 Å². The zero-order valence-electron chi connectivity index (χ0n) is 6.98. The number of rotatable bonds is 4. The lowest BCUT2D eigenvalue weighted by atomic mass is 10.2. The van der Waals surface area contributed by atoms with Gasteiger partial charge < -0.3 is 10.1 Å². The van der Waals surface area contributed by atoms with Crippen LogP contribution >= 0.6 is 0 Å². The van der Waals surface area contributed by atoms with E-state index in [-0.39, 0.29) is 6.67 Å². The number of nitrogens with one attached hydrogen (secondary N) is 1. The standard InChI is InChI=1S/C8H16FNO/c1-11-8-3-2-7(6-8)10-5-4-9/h7-8,10H,2-6H2,1H3. The molecule has 0 saturated heterocycles. The Labute approximate surface area is 67.1 Å². The first-order valence-corrected chi connectivity index (χ1v) is 4.19. The van der Waals surface area contributed by atoms with Gasteiger partial charge in [-0.25, -0.2) is 4.39 Å². The van der Waals surface area contributed by atoms with Gasteiger partial charge in [0.1, 0.15) is 6.67 Å². The molecule has 0 heterocycles. The normalized spacial score (nSPS) is 31.1. The Morgan fingerprint density at radius 2 is 2.36 bits per heavy atom. The van der Waals surface area contributed by atoms with Gasteiger partial charge >= 0.3 is 0 Å². The van der Waals surface area contributed by atoms with E-state index in [1.807, 2.05) is 0 Å². The van der Waals surface area contributed by atoms with Crippen LogP contribution in [0, 0.1) is 0 Å². The quantitative estimate of drug-likeness (QED) is 0.667. The fraction of sp³-hybridized carbons (Fsp3) is 1.00. The van der Waals surface area contributed by atoms with Gasteiger partial charge in [0, 0.05) is 19.7 Å². The van der Waals surface area contributed by atoms with Crippen molar-refractivity contribution in [2.24, 2.45) is 0 Å². The van der Waals surface area contributed by atoms with Crippen LogP contribution in [0.4, 0.5) is 4.39 Å². The van der Waals surface area contributed by atoms with Crippen molar-refractivity contribution in [3.8, 4) is 0 Å². The second kappa shape index (κ2) is 4.67. The Bertz CT molecular complexity index is 110. The van der Waals surface area contributed by atoms with Crippen LogP contribution in [0.2, 0.25) is 0 Å². The molecule has 0 aromatic rings. The minimum absolute atomic E-state index is 0.270. The summed E-state index contributed by atoms with van der Waals surface area (Å²) in [4.78, 5) is 0. The van der Waals surface area contributed by atoms with Gasteiger partial charge in [-0.2, -0.15) is 0 Å². The number of ether oxygens (including phenoxy) is 1. The molecule has 1 aliphatic rings. The number of methoxy groups -OCH3 is 1. The second-order valence-corrected chi connectivity index (χ2v) is 3.01. The predicted octanol–water partition coefficient (Wildman–Crippen LogP) is 1.11. The first-order valence-electron chi connectivity index (χ1n) is 4.19. The Hall–Kier alpha value is -0.150. The molecule has 0 amide bonds. The molecule has 2 nitrogen and oxygen atoms in total. The van der Waals surface area contributed by atoms with E-state index in [4.69, 9.17) is 4.74 Å². The van der Waals surface area contributed by atoms with Crippen molar-refractivity contribution < 1.29 is 9.13 Å². The summed E-state index contributed by atoms with van der Waals surface area (Å²) in [5.41, 5.74) is 0. The minimum atomic E-state index is -0.270. The maximum absolute atomic E-state index is 11.7. The van der Waals surface area contributed by atoms with Crippen LogP contribution in [-0.2, 0) is 4.74 Å². The third kappa shape index (κ3) is 2.75. The lowest BCUT2D eigenvalue weighted by Crippen LogP contribution is -2.28. The molecule has 66 valence electrons. The maximum Gasteiger partial charge on any atom is 0.102 e. The summed E-state index contributed by atoms with van der Waals surface area (Å²) in [5, 5.41) is 3.14. The molecule has 0 radical (unpaired) electrons. The maximum atomic E-state index is 11.7. The molecule has 0 aromatic heterocycles. The van der Waals surface area contributed by atoms with Crippen LogP contribution in [-0.4, -0.2) is 32.5 Å². The highest BCUT2D eigenvalue weighted by Crippen LogP contribution is 2.20. The Morgan fingerprint density at radius 3 is 2.91 bits per heavy atom. The van der Waals surface area contributed by atoms with Gasteiger partial charge in [0.25, 0.3) is 0 Å². The SMILES string of the molecule is COC1CCC(NCCF)C1. The summed E-state index contributed by atoms with van der Waals surface area (Å²) in [6.45, 7) is 0.218. The van der Waals surface area contributed by atoms with Crippen LogP contribution in [0.1, 0.15) is 19.3 Å². The van der Waals surface area contributed by atoms with Crippen LogP contribution in [0.25, 0.3) is 0 Å². The smallest absolute Gasteiger partial charge is 0.102 e. The average Bonchev–Trinajstić information content (AvgIpc) is 2.48. The number of alkyl halides is 1. The van der Waals surface area contributed by atoms with E-state index in [1.165, 1.54) is 0 Å². The highest BCUT2D eigenvalue weighted by atomic mass is 19.1. The van der Waals surface area contributed by atoms with E-state index in [1.54, 1.807) is 7.11 Å². The molecule has 2 atom stereocenters. The molecule has 0 spiro atoms. The monoisotopic (exact) mass is 161 g/mol. The molecular weight excluding hydrogens is 145 g/mol. The van der Waals surface area contributed by atoms with Gasteiger partial charge in [0.05, 0.1) is 6.10 Å². The minimum Gasteiger partial charge on any atom is -0.381 e. The molecule has 0 aliphatic heterocycles. The first kappa shape index (κ1) is 8.94. The average molecular weight is 161 g/mol. The molecular formula is C8H16FNO. The second-order valence-electron chi connectivity index (χ2n) is 3.01. The molecule has 1 fully saturated rings. The van der Waals surface area contributed by atoms with Gasteiger partial charge in [-0.05, 0) is 19.3 Å². The van der Waals surface area contributed by atoms with Crippen molar-refractivity contribution in [3.05, 3.63) is 0 Å². The molecule has 1 saturated carbocycles. The Kier molecular flexibility index (Phi) is 3.80. The lowest BCUT2D eigenvalue weighted by molar-refractivity contribution is 0.107. The largest absolute Gasteiger partial charge is 0.381 e. The molecule has 2 unspecified atom stereocenters. The van der Waals surface area contributed by atoms with Gasteiger partial charge in [0.2, 0.25) is 0 Å². The molecule has 1 aliphatic carbocycles. The fourth-order valence-corrected chi connectivity index (χ4v) is 1.60. The van der Waals surface area contributed by atoms with E-state index in [0.29, 0.717) is 18.7 Å². The van der Waals surface area contributed by atoms with Crippen molar-refractivity contribution in [2.45, 2.75) is 31.4 Å². The highest BCUT2D eigenvalue weighted by Gasteiger charge is 2.23. The van der Waals surface area contributed by atoms with Crippen molar-refractivity contribution in [1.82, 2.24) is 5.32 Å². The van der Waals surface area contributed by atoms with E-state index in [2.05, 4.69) is 5.32 Å². The zero-order chi connectivity index (χ0) is 8.10. The molecule has 0 bridgehead atoms. The molecule has 1 rings (SSSR count). The van der Waals surface area contributed by atoms with E-state index in [9.17, 15) is 4.39 Å². The molecule has 1 N–H and O–H groups in total. The van der Waals surface area contributed by atoms with Crippen LogP contribution in [0.5, 0.6) is 0 Å². The summed E-state index contributed by atoms with van der Waals surface area (Å²) < 4.78 is 16.9. The molecule has 11 heavy (non-hydrogen) atoms. The van der Waals surface area contributed by atoms with Gasteiger partial charge in [0.15, 0.2) is 0 Å². The van der Waals surface area contributed by atoms with E-state index >= 15 is 0 Å². The summed E-state index contributed by atoms with van der Waals surface area (Å²) in [7, 11) is 1.74. The third-order valence-electron chi connectivity index (χ3n) is 2.25. The highest BCUT2D eigenvalue weighted by molar-refractivity contribution is 4.80. The van der Waals surface area contributed by atoms with E-state index in [0.717, 1.165) is 19.3 Å². The van der Waals surface area contributed by atoms with Crippen molar-refractivity contribution in [2.75, 3.05) is 20.3 Å². The zero-order valence-corrected chi connectivity index (χ0v) is 6.98. The van der Waals surface area contributed by atoms with Crippen LogP contribution in [0.15, 0.2) is 0 Å². The van der Waals surface area contributed by atoms with Gasteiger partial charge in [-0.1, -0.05) is 0 Å². The predicted molar refractivity (Wildman–Crippen MR) is 42.4 cm³/mol. The molecule has 0 aromatic carbocycles. The fourth-order valence-electron chi connectivity index (χ4n) is 1.60. The molecule has 3 heteroatoms. The number of halogens is 1. The van der Waals surface area contributed by atoms with Crippen molar-refractivity contribution in [1.29, 1.82) is 0 Å². The van der Waals surface area contributed by atoms with Gasteiger partial charge in [-0.15, -0.1) is 0 Å². The topological polar surface area (TPSA) is 21.3 Å².